The Hall–Kier alpha value is -2.30. The van der Waals surface area contributed by atoms with Gasteiger partial charge in [0.15, 0.2) is 0 Å². The molecule has 2 aromatic carbocycles. The van der Waals surface area contributed by atoms with Crippen LogP contribution in [-0.4, -0.2) is 18.4 Å². The minimum absolute atomic E-state index is 0.269. The van der Waals surface area contributed by atoms with Gasteiger partial charge in [-0.05, 0) is 36.4 Å². The zero-order valence-corrected chi connectivity index (χ0v) is 13.6. The molecule has 2 amide bonds. The molecular weight excluding hydrogens is 335 g/mol. The highest BCUT2D eigenvalue weighted by atomic mass is 35.5. The summed E-state index contributed by atoms with van der Waals surface area (Å²) in [5.74, 6) is -0.615. The number of hydrogen-bond donors (Lipinski definition) is 2. The lowest BCUT2D eigenvalue weighted by Crippen LogP contribution is -2.23. The second kappa shape index (κ2) is 7.81. The Morgan fingerprint density at radius 3 is 2.35 bits per heavy atom. The van der Waals surface area contributed by atoms with Crippen LogP contribution in [0.2, 0.25) is 10.0 Å². The highest BCUT2D eigenvalue weighted by Gasteiger charge is 2.11. The monoisotopic (exact) mass is 348 g/mol. The first-order valence-electron chi connectivity index (χ1n) is 6.77. The van der Waals surface area contributed by atoms with Crippen molar-refractivity contribution in [2.75, 3.05) is 11.9 Å². The molecule has 2 rings (SSSR count). The summed E-state index contributed by atoms with van der Waals surface area (Å²) in [5, 5.41) is 6.12. The van der Waals surface area contributed by atoms with E-state index < -0.39 is 0 Å². The lowest BCUT2D eigenvalue weighted by atomic mass is 10.1. The third-order valence-corrected chi connectivity index (χ3v) is 3.71. The molecule has 0 atom stereocenters. The van der Waals surface area contributed by atoms with E-state index in [-0.39, 0.29) is 11.8 Å². The van der Waals surface area contributed by atoms with Crippen LogP contribution in [0.15, 0.2) is 55.1 Å². The van der Waals surface area contributed by atoms with Crippen LogP contribution in [0.25, 0.3) is 0 Å². The molecule has 0 spiro atoms. The van der Waals surface area contributed by atoms with Gasteiger partial charge in [-0.3, -0.25) is 9.59 Å². The summed E-state index contributed by atoms with van der Waals surface area (Å²) in [4.78, 5) is 24.2. The Morgan fingerprint density at radius 2 is 1.70 bits per heavy atom. The molecule has 0 aromatic heterocycles. The SMILES string of the molecule is C=CCNC(=O)c1cccc(C(=O)Nc2ccc(Cl)c(Cl)c2)c1. The van der Waals surface area contributed by atoms with Crippen LogP contribution in [0.4, 0.5) is 5.69 Å². The molecular formula is C17H14Cl2N2O2. The number of hydrogen-bond acceptors (Lipinski definition) is 2. The molecule has 6 heteroatoms. The summed E-state index contributed by atoms with van der Waals surface area (Å²) in [6.07, 6.45) is 1.58. The fourth-order valence-corrected chi connectivity index (χ4v) is 2.14. The highest BCUT2D eigenvalue weighted by Crippen LogP contribution is 2.25. The van der Waals surface area contributed by atoms with Gasteiger partial charge in [-0.1, -0.05) is 35.3 Å². The second-order valence-corrected chi connectivity index (χ2v) is 5.48. The molecule has 0 aliphatic rings. The molecule has 2 aromatic rings. The summed E-state index contributed by atoms with van der Waals surface area (Å²) < 4.78 is 0. The summed E-state index contributed by atoms with van der Waals surface area (Å²) in [7, 11) is 0. The van der Waals surface area contributed by atoms with Crippen molar-refractivity contribution in [3.8, 4) is 0 Å². The highest BCUT2D eigenvalue weighted by molar-refractivity contribution is 6.42. The Labute approximate surface area is 144 Å². The van der Waals surface area contributed by atoms with E-state index in [0.29, 0.717) is 33.4 Å². The van der Waals surface area contributed by atoms with Crippen molar-refractivity contribution in [1.29, 1.82) is 0 Å². The third-order valence-electron chi connectivity index (χ3n) is 2.97. The van der Waals surface area contributed by atoms with Gasteiger partial charge in [-0.25, -0.2) is 0 Å². The number of carbonyl (C=O) groups excluding carboxylic acids is 2. The van der Waals surface area contributed by atoms with E-state index in [2.05, 4.69) is 17.2 Å². The van der Waals surface area contributed by atoms with Crippen molar-refractivity contribution in [3.05, 3.63) is 76.3 Å². The molecule has 118 valence electrons. The number of carbonyl (C=O) groups is 2. The van der Waals surface area contributed by atoms with Crippen LogP contribution < -0.4 is 10.6 Å². The molecule has 0 aliphatic carbocycles. The minimum Gasteiger partial charge on any atom is -0.349 e. The van der Waals surface area contributed by atoms with Crippen molar-refractivity contribution in [2.45, 2.75) is 0 Å². The van der Waals surface area contributed by atoms with Gasteiger partial charge in [0.1, 0.15) is 0 Å². The zero-order chi connectivity index (χ0) is 16.8. The van der Waals surface area contributed by atoms with Crippen molar-refractivity contribution < 1.29 is 9.59 Å². The summed E-state index contributed by atoms with van der Waals surface area (Å²) >= 11 is 11.7. The van der Waals surface area contributed by atoms with Crippen molar-refractivity contribution in [2.24, 2.45) is 0 Å². The molecule has 0 radical (unpaired) electrons. The summed E-state index contributed by atoms with van der Waals surface area (Å²) in [6, 6.07) is 11.2. The average molecular weight is 349 g/mol. The molecule has 0 unspecified atom stereocenters. The van der Waals surface area contributed by atoms with Crippen LogP contribution in [0.5, 0.6) is 0 Å². The first-order valence-corrected chi connectivity index (χ1v) is 7.52. The maximum absolute atomic E-state index is 12.3. The van der Waals surface area contributed by atoms with Gasteiger partial charge in [0.25, 0.3) is 11.8 Å². The van der Waals surface area contributed by atoms with Gasteiger partial charge in [-0.15, -0.1) is 6.58 Å². The summed E-state index contributed by atoms with van der Waals surface area (Å²) in [5.41, 5.74) is 1.28. The first-order chi connectivity index (χ1) is 11.0. The quantitative estimate of drug-likeness (QED) is 0.797. The molecule has 4 nitrogen and oxygen atoms in total. The number of rotatable bonds is 5. The average Bonchev–Trinajstić information content (AvgIpc) is 2.56. The first kappa shape index (κ1) is 17.1. The van der Waals surface area contributed by atoms with Gasteiger partial charge >= 0.3 is 0 Å². The fourth-order valence-electron chi connectivity index (χ4n) is 1.85. The summed E-state index contributed by atoms with van der Waals surface area (Å²) in [6.45, 7) is 3.89. The normalized spacial score (nSPS) is 10.0. The van der Waals surface area contributed by atoms with Crippen LogP contribution in [0.1, 0.15) is 20.7 Å². The molecule has 0 saturated carbocycles. The lowest BCUT2D eigenvalue weighted by molar-refractivity contribution is 0.0958. The van der Waals surface area contributed by atoms with Gasteiger partial charge in [0.2, 0.25) is 0 Å². The van der Waals surface area contributed by atoms with Gasteiger partial charge in [0, 0.05) is 23.4 Å². The van der Waals surface area contributed by atoms with Crippen molar-refractivity contribution in [1.82, 2.24) is 5.32 Å². The topological polar surface area (TPSA) is 58.2 Å². The third kappa shape index (κ3) is 4.58. The molecule has 0 saturated heterocycles. The van der Waals surface area contributed by atoms with Crippen LogP contribution in [0, 0.1) is 0 Å². The van der Waals surface area contributed by atoms with Gasteiger partial charge < -0.3 is 10.6 Å². The molecule has 0 fully saturated rings. The zero-order valence-electron chi connectivity index (χ0n) is 12.1. The van der Waals surface area contributed by atoms with Crippen LogP contribution >= 0.6 is 23.2 Å². The largest absolute Gasteiger partial charge is 0.349 e. The van der Waals surface area contributed by atoms with E-state index in [0.717, 1.165) is 0 Å². The Morgan fingerprint density at radius 1 is 1.00 bits per heavy atom. The Bertz CT molecular complexity index is 760. The van der Waals surface area contributed by atoms with E-state index in [9.17, 15) is 9.59 Å². The number of halogens is 2. The van der Waals surface area contributed by atoms with Crippen LogP contribution in [-0.2, 0) is 0 Å². The Kier molecular flexibility index (Phi) is 5.79. The van der Waals surface area contributed by atoms with Gasteiger partial charge in [-0.2, -0.15) is 0 Å². The molecule has 0 bridgehead atoms. The lowest BCUT2D eigenvalue weighted by Gasteiger charge is -2.08. The van der Waals surface area contributed by atoms with E-state index in [1.54, 1.807) is 42.5 Å². The molecule has 23 heavy (non-hydrogen) atoms. The van der Waals surface area contributed by atoms with E-state index >= 15 is 0 Å². The number of benzene rings is 2. The van der Waals surface area contributed by atoms with E-state index in [4.69, 9.17) is 23.2 Å². The Balaban J connectivity index is 2.14. The maximum atomic E-state index is 12.3. The maximum Gasteiger partial charge on any atom is 0.255 e. The molecule has 2 N–H and O–H groups in total. The van der Waals surface area contributed by atoms with Crippen LogP contribution in [0.3, 0.4) is 0 Å². The number of nitrogens with one attached hydrogen (secondary N) is 2. The van der Waals surface area contributed by atoms with Crippen molar-refractivity contribution in [3.63, 3.8) is 0 Å². The fraction of sp³-hybridized carbons (Fsp3) is 0.0588. The smallest absolute Gasteiger partial charge is 0.255 e. The number of anilines is 1. The van der Waals surface area contributed by atoms with Gasteiger partial charge in [0.05, 0.1) is 10.0 Å². The molecule has 0 aliphatic heterocycles. The van der Waals surface area contributed by atoms with E-state index in [1.807, 2.05) is 0 Å². The second-order valence-electron chi connectivity index (χ2n) is 4.66. The van der Waals surface area contributed by atoms with E-state index in [1.165, 1.54) is 6.07 Å². The number of amides is 2. The molecule has 0 heterocycles. The minimum atomic E-state index is -0.346. The standard InChI is InChI=1S/C17H14Cl2N2O2/c1-2-8-20-16(22)11-4-3-5-12(9-11)17(23)21-13-6-7-14(18)15(19)10-13/h2-7,9-10H,1,8H2,(H,20,22)(H,21,23). The predicted octanol–water partition coefficient (Wildman–Crippen LogP) is 4.16. The predicted molar refractivity (Wildman–Crippen MR) is 93.4 cm³/mol. The van der Waals surface area contributed by atoms with Crippen molar-refractivity contribution >= 4 is 40.7 Å².